The van der Waals surface area contributed by atoms with Gasteiger partial charge >= 0.3 is 12.0 Å². The molecule has 2 amide bonds. The second-order valence-electron chi connectivity index (χ2n) is 5.44. The van der Waals surface area contributed by atoms with Gasteiger partial charge in [0.1, 0.15) is 4.88 Å². The molecule has 6 heteroatoms. The highest BCUT2D eigenvalue weighted by Gasteiger charge is 2.22. The van der Waals surface area contributed by atoms with E-state index in [0.29, 0.717) is 22.4 Å². The van der Waals surface area contributed by atoms with E-state index in [-0.39, 0.29) is 12.0 Å². The number of esters is 1. The van der Waals surface area contributed by atoms with Crippen LogP contribution in [0.2, 0.25) is 0 Å². The summed E-state index contributed by atoms with van der Waals surface area (Å²) < 4.78 is 5.00. The van der Waals surface area contributed by atoms with Gasteiger partial charge in [0.15, 0.2) is 0 Å². The molecule has 1 aliphatic rings. The zero-order valence-corrected chi connectivity index (χ0v) is 13.6. The molecule has 1 aromatic rings. The van der Waals surface area contributed by atoms with Crippen molar-refractivity contribution >= 4 is 28.3 Å². The van der Waals surface area contributed by atoms with Gasteiger partial charge in [-0.25, -0.2) is 9.59 Å². The molecule has 0 unspecified atom stereocenters. The number of hydrogen-bond acceptors (Lipinski definition) is 4. The smallest absolute Gasteiger partial charge is 0.348 e. The number of carbonyl (C=O) groups is 2. The molecule has 2 rings (SSSR count). The fourth-order valence-electron chi connectivity index (χ4n) is 2.34. The Hall–Kier alpha value is -1.56. The number of rotatable bonds is 3. The molecule has 0 aliphatic carbocycles. The maximum absolute atomic E-state index is 12.2. The quantitative estimate of drug-likeness (QED) is 0.869. The average Bonchev–Trinajstić information content (AvgIpc) is 2.80. The van der Waals surface area contributed by atoms with Gasteiger partial charge in [-0.2, -0.15) is 0 Å². The van der Waals surface area contributed by atoms with Gasteiger partial charge in [0, 0.05) is 13.1 Å². The van der Waals surface area contributed by atoms with Crippen LogP contribution in [0.4, 0.5) is 9.80 Å². The molecule has 0 saturated carbocycles. The van der Waals surface area contributed by atoms with E-state index in [4.69, 9.17) is 4.74 Å². The van der Waals surface area contributed by atoms with Crippen LogP contribution in [0.5, 0.6) is 0 Å². The van der Waals surface area contributed by atoms with E-state index < -0.39 is 0 Å². The van der Waals surface area contributed by atoms with Crippen molar-refractivity contribution < 1.29 is 14.3 Å². The summed E-state index contributed by atoms with van der Waals surface area (Å²) in [7, 11) is 0. The lowest BCUT2D eigenvalue weighted by Gasteiger charge is -2.30. The Bertz CT molecular complexity index is 519. The number of aryl methyl sites for hydroxylation is 1. The first kappa shape index (κ1) is 15.8. The summed E-state index contributed by atoms with van der Waals surface area (Å²) in [4.78, 5) is 26.4. The van der Waals surface area contributed by atoms with Gasteiger partial charge in [-0.05, 0) is 44.2 Å². The summed E-state index contributed by atoms with van der Waals surface area (Å²) in [6.45, 7) is 7.78. The fourth-order valence-corrected chi connectivity index (χ4v) is 3.30. The number of urea groups is 1. The third-order valence-corrected chi connectivity index (χ3v) is 4.81. The van der Waals surface area contributed by atoms with Gasteiger partial charge in [0.05, 0.1) is 11.6 Å². The Kier molecular flexibility index (Phi) is 5.22. The van der Waals surface area contributed by atoms with Gasteiger partial charge in [-0.15, -0.1) is 11.3 Å². The number of hydrogen-bond donors (Lipinski definition) is 1. The summed E-state index contributed by atoms with van der Waals surface area (Å²) in [6, 6.07) is 1.74. The van der Waals surface area contributed by atoms with Crippen molar-refractivity contribution in [3.05, 3.63) is 16.5 Å². The lowest BCUT2D eigenvalue weighted by Crippen LogP contribution is -2.40. The lowest BCUT2D eigenvalue weighted by molar-refractivity contribution is 0.0531. The topological polar surface area (TPSA) is 58.6 Å². The number of anilines is 1. The molecule has 0 bridgehead atoms. The highest BCUT2D eigenvalue weighted by Crippen LogP contribution is 2.28. The third kappa shape index (κ3) is 3.97. The summed E-state index contributed by atoms with van der Waals surface area (Å²) in [6.07, 6.45) is 2.09. The first-order valence-corrected chi connectivity index (χ1v) is 8.16. The van der Waals surface area contributed by atoms with Crippen molar-refractivity contribution in [3.8, 4) is 0 Å². The number of likely N-dealkylation sites (tertiary alicyclic amines) is 1. The van der Waals surface area contributed by atoms with E-state index in [2.05, 4.69) is 12.2 Å². The third-order valence-electron chi connectivity index (χ3n) is 3.68. The van der Waals surface area contributed by atoms with Gasteiger partial charge in [-0.1, -0.05) is 6.92 Å². The van der Waals surface area contributed by atoms with Crippen LogP contribution in [-0.2, 0) is 4.74 Å². The summed E-state index contributed by atoms with van der Waals surface area (Å²) >= 11 is 1.27. The standard InChI is InChI=1S/C15H22N2O3S/c1-4-20-14(18)13-11(3)9-12(21-13)16-15(19)17-7-5-10(2)6-8-17/h9-10H,4-8H2,1-3H3,(H,16,19). The maximum Gasteiger partial charge on any atom is 0.348 e. The van der Waals surface area contributed by atoms with E-state index in [1.165, 1.54) is 11.3 Å². The van der Waals surface area contributed by atoms with Crippen molar-refractivity contribution in [3.63, 3.8) is 0 Å². The lowest BCUT2D eigenvalue weighted by atomic mass is 10.00. The molecule has 1 aliphatic heterocycles. The molecule has 1 N–H and O–H groups in total. The van der Waals surface area contributed by atoms with Crippen LogP contribution >= 0.6 is 11.3 Å². The number of carbonyl (C=O) groups excluding carboxylic acids is 2. The van der Waals surface area contributed by atoms with Crippen molar-refractivity contribution in [1.82, 2.24) is 4.90 Å². The van der Waals surface area contributed by atoms with Crippen LogP contribution < -0.4 is 5.32 Å². The van der Waals surface area contributed by atoms with Crippen molar-refractivity contribution in [2.24, 2.45) is 5.92 Å². The van der Waals surface area contributed by atoms with E-state index in [9.17, 15) is 9.59 Å². The molecule has 1 aromatic heterocycles. The SMILES string of the molecule is CCOC(=O)c1sc(NC(=O)N2CCC(C)CC2)cc1C. The van der Waals surface area contributed by atoms with E-state index >= 15 is 0 Å². The number of piperidine rings is 1. The molecule has 0 atom stereocenters. The second-order valence-corrected chi connectivity index (χ2v) is 6.50. The first-order valence-electron chi connectivity index (χ1n) is 7.34. The normalized spacial score (nSPS) is 15.9. The number of ether oxygens (including phenoxy) is 1. The van der Waals surface area contributed by atoms with E-state index in [1.54, 1.807) is 6.92 Å². The minimum atomic E-state index is -0.327. The van der Waals surface area contributed by atoms with Crippen molar-refractivity contribution in [2.45, 2.75) is 33.6 Å². The van der Waals surface area contributed by atoms with E-state index in [0.717, 1.165) is 31.5 Å². The molecule has 0 spiro atoms. The molecule has 116 valence electrons. The van der Waals surface area contributed by atoms with Crippen LogP contribution in [0.25, 0.3) is 0 Å². The Labute approximate surface area is 129 Å². The van der Waals surface area contributed by atoms with Crippen molar-refractivity contribution in [2.75, 3.05) is 25.0 Å². The molecular weight excluding hydrogens is 288 g/mol. The van der Waals surface area contributed by atoms with Crippen LogP contribution in [0, 0.1) is 12.8 Å². The Morgan fingerprint density at radius 1 is 1.43 bits per heavy atom. The zero-order chi connectivity index (χ0) is 15.4. The summed E-state index contributed by atoms with van der Waals surface area (Å²) in [5.74, 6) is 0.362. The monoisotopic (exact) mass is 310 g/mol. The Balaban J connectivity index is 1.98. The van der Waals surface area contributed by atoms with Crippen LogP contribution in [0.3, 0.4) is 0 Å². The highest BCUT2D eigenvalue weighted by molar-refractivity contribution is 7.18. The first-order chi connectivity index (χ1) is 10.0. The molecular formula is C15H22N2O3S. The Morgan fingerprint density at radius 2 is 2.10 bits per heavy atom. The fraction of sp³-hybridized carbons (Fsp3) is 0.600. The minimum Gasteiger partial charge on any atom is -0.462 e. The van der Waals surface area contributed by atoms with Crippen LogP contribution in [-0.4, -0.2) is 36.6 Å². The molecule has 1 saturated heterocycles. The van der Waals surface area contributed by atoms with Gasteiger partial charge in [0.25, 0.3) is 0 Å². The van der Waals surface area contributed by atoms with Crippen LogP contribution in [0.15, 0.2) is 6.07 Å². The summed E-state index contributed by atoms with van der Waals surface area (Å²) in [5.41, 5.74) is 0.834. The molecule has 21 heavy (non-hydrogen) atoms. The summed E-state index contributed by atoms with van der Waals surface area (Å²) in [5, 5.41) is 3.58. The van der Waals surface area contributed by atoms with Gasteiger partial charge in [-0.3, -0.25) is 5.32 Å². The zero-order valence-electron chi connectivity index (χ0n) is 12.8. The minimum absolute atomic E-state index is 0.0847. The number of nitrogens with zero attached hydrogens (tertiary/aromatic N) is 1. The number of nitrogens with one attached hydrogen (secondary N) is 1. The predicted octanol–water partition coefficient (Wildman–Crippen LogP) is 3.50. The highest BCUT2D eigenvalue weighted by atomic mass is 32.1. The molecule has 5 nitrogen and oxygen atoms in total. The van der Waals surface area contributed by atoms with Crippen molar-refractivity contribution in [1.29, 1.82) is 0 Å². The number of amides is 2. The maximum atomic E-state index is 12.2. The second kappa shape index (κ2) is 6.93. The van der Waals surface area contributed by atoms with Gasteiger partial charge < -0.3 is 9.64 Å². The van der Waals surface area contributed by atoms with Gasteiger partial charge in [0.2, 0.25) is 0 Å². The average molecular weight is 310 g/mol. The van der Waals surface area contributed by atoms with Crippen LogP contribution in [0.1, 0.15) is 41.9 Å². The Morgan fingerprint density at radius 3 is 2.71 bits per heavy atom. The number of thiophene rings is 1. The molecule has 2 heterocycles. The van der Waals surface area contributed by atoms with E-state index in [1.807, 2.05) is 17.9 Å². The molecule has 0 aromatic carbocycles. The predicted molar refractivity (Wildman–Crippen MR) is 84.0 cm³/mol. The molecule has 0 radical (unpaired) electrons. The largest absolute Gasteiger partial charge is 0.462 e. The molecule has 1 fully saturated rings.